The highest BCUT2D eigenvalue weighted by Crippen LogP contribution is 2.17. The van der Waals surface area contributed by atoms with Gasteiger partial charge in [-0.2, -0.15) is 0 Å². The molecule has 0 saturated carbocycles. The van der Waals surface area contributed by atoms with Crippen LogP contribution >= 0.6 is 11.6 Å². The summed E-state index contributed by atoms with van der Waals surface area (Å²) in [4.78, 5) is 7.00. The number of benzene rings is 1. The van der Waals surface area contributed by atoms with Crippen molar-refractivity contribution in [2.24, 2.45) is 12.0 Å². The summed E-state index contributed by atoms with van der Waals surface area (Å²) in [5.41, 5.74) is 2.16. The maximum atomic E-state index is 10.3. The lowest BCUT2D eigenvalue weighted by Gasteiger charge is -2.25. The number of hydrogen-bond acceptors (Lipinski definition) is 3. The highest BCUT2D eigenvalue weighted by molar-refractivity contribution is 6.31. The first-order valence-electron chi connectivity index (χ1n) is 7.46. The summed E-state index contributed by atoms with van der Waals surface area (Å²) in [6.07, 6.45) is 3.91. The van der Waals surface area contributed by atoms with Crippen LogP contribution in [0.25, 0.3) is 11.0 Å². The first-order chi connectivity index (χ1) is 10.2. The van der Waals surface area contributed by atoms with Crippen LogP contribution in [0.1, 0.15) is 19.3 Å². The molecule has 1 fully saturated rings. The zero-order valence-electron chi connectivity index (χ0n) is 12.3. The summed E-state index contributed by atoms with van der Waals surface area (Å²) in [7, 11) is 1.91. The average molecular weight is 309 g/mol. The zero-order valence-corrected chi connectivity index (χ0v) is 13.1. The number of piperidine rings is 1. The third-order valence-electron chi connectivity index (χ3n) is 4.13. The lowest BCUT2D eigenvalue weighted by Crippen LogP contribution is -2.33. The Labute approximate surface area is 129 Å². The van der Waals surface area contributed by atoms with Crippen molar-refractivity contribution in [1.82, 2.24) is 14.2 Å². The molecule has 0 radical (unpaired) electrons. The summed E-state index contributed by atoms with van der Waals surface area (Å²) in [6.45, 7) is 3.97. The van der Waals surface area contributed by atoms with Gasteiger partial charge in [-0.1, -0.05) is 18.0 Å². The Balaban J connectivity index is 1.84. The number of aromatic nitrogens is 2. The van der Waals surface area contributed by atoms with E-state index in [1.54, 1.807) is 6.07 Å². The molecule has 1 aliphatic rings. The molecule has 1 aliphatic heterocycles. The summed E-state index contributed by atoms with van der Waals surface area (Å²) < 4.78 is 3.01. The van der Waals surface area contributed by atoms with E-state index in [-0.39, 0.29) is 0 Å². The molecule has 1 saturated heterocycles. The maximum Gasteiger partial charge on any atom is 0.239 e. The van der Waals surface area contributed by atoms with Crippen LogP contribution in [-0.4, -0.2) is 45.6 Å². The monoisotopic (exact) mass is 308 g/mol. The average Bonchev–Trinajstić information content (AvgIpc) is 2.73. The van der Waals surface area contributed by atoms with Crippen molar-refractivity contribution >= 4 is 22.6 Å². The van der Waals surface area contributed by atoms with Gasteiger partial charge in [0.1, 0.15) is 5.52 Å². The third-order valence-corrected chi connectivity index (χ3v) is 4.37. The van der Waals surface area contributed by atoms with Crippen LogP contribution in [0.4, 0.5) is 0 Å². The molecular weight excluding hydrogens is 288 g/mol. The summed E-state index contributed by atoms with van der Waals surface area (Å²) in [5.74, 6) is 0. The van der Waals surface area contributed by atoms with Crippen LogP contribution in [0.5, 0.6) is 0 Å². The Morgan fingerprint density at radius 3 is 2.71 bits per heavy atom. The first-order valence-corrected chi connectivity index (χ1v) is 7.84. The van der Waals surface area contributed by atoms with Crippen LogP contribution in [0.15, 0.2) is 23.2 Å². The highest BCUT2D eigenvalue weighted by atomic mass is 35.5. The topological polar surface area (TPSA) is 45.7 Å². The van der Waals surface area contributed by atoms with Gasteiger partial charge in [-0.25, -0.2) is 4.99 Å². The maximum absolute atomic E-state index is 10.3. The van der Waals surface area contributed by atoms with E-state index in [9.17, 15) is 5.21 Å². The molecule has 0 unspecified atom stereocenters. The van der Waals surface area contributed by atoms with E-state index in [0.29, 0.717) is 22.7 Å². The minimum absolute atomic E-state index is 0.560. The molecule has 0 aliphatic carbocycles. The third kappa shape index (κ3) is 2.94. The van der Waals surface area contributed by atoms with Crippen molar-refractivity contribution in [2.45, 2.75) is 19.3 Å². The number of nitrogens with zero attached hydrogens (tertiary/aromatic N) is 4. The summed E-state index contributed by atoms with van der Waals surface area (Å²) in [5, 5.41) is 10.9. The molecule has 5 nitrogen and oxygen atoms in total. The fourth-order valence-corrected chi connectivity index (χ4v) is 3.12. The van der Waals surface area contributed by atoms with Gasteiger partial charge in [0, 0.05) is 18.6 Å². The van der Waals surface area contributed by atoms with Crippen molar-refractivity contribution in [3.8, 4) is 0 Å². The normalized spacial score (nSPS) is 17.7. The molecule has 1 aromatic heterocycles. The molecular formula is C15H21ClN4O. The Morgan fingerprint density at radius 2 is 1.95 bits per heavy atom. The number of hydrogen-bond donors (Lipinski definition) is 1. The Hall–Kier alpha value is -1.46. The van der Waals surface area contributed by atoms with Crippen LogP contribution in [0.2, 0.25) is 5.02 Å². The van der Waals surface area contributed by atoms with Gasteiger partial charge < -0.3 is 14.7 Å². The van der Waals surface area contributed by atoms with Gasteiger partial charge >= 0.3 is 0 Å². The Kier molecular flexibility index (Phi) is 4.22. The molecule has 0 amide bonds. The van der Waals surface area contributed by atoms with Crippen LogP contribution in [-0.2, 0) is 7.05 Å². The Morgan fingerprint density at radius 1 is 1.19 bits per heavy atom. The zero-order chi connectivity index (χ0) is 14.8. The van der Waals surface area contributed by atoms with Gasteiger partial charge in [0.25, 0.3) is 0 Å². The lowest BCUT2D eigenvalue weighted by atomic mass is 10.1. The van der Waals surface area contributed by atoms with Crippen molar-refractivity contribution in [1.29, 1.82) is 0 Å². The SMILES string of the molecule is Cn1c(=NCCN2CCCCC2)n(O)c2cc(Cl)ccc21. The number of halogens is 1. The van der Waals surface area contributed by atoms with Gasteiger partial charge in [0.05, 0.1) is 12.1 Å². The van der Waals surface area contributed by atoms with Crippen LogP contribution in [0, 0.1) is 0 Å². The van der Waals surface area contributed by atoms with Crippen molar-refractivity contribution in [3.05, 3.63) is 28.8 Å². The van der Waals surface area contributed by atoms with E-state index in [1.165, 1.54) is 32.4 Å². The number of likely N-dealkylation sites (tertiary alicyclic amines) is 1. The van der Waals surface area contributed by atoms with Gasteiger partial charge in [-0.15, -0.1) is 4.73 Å². The van der Waals surface area contributed by atoms with Gasteiger partial charge in [0.2, 0.25) is 5.62 Å². The van der Waals surface area contributed by atoms with Gasteiger partial charge in [-0.05, 0) is 44.1 Å². The second kappa shape index (κ2) is 6.12. The molecule has 1 aromatic carbocycles. The second-order valence-corrected chi connectivity index (χ2v) is 6.02. The number of imidazole rings is 1. The minimum atomic E-state index is 0.560. The molecule has 3 rings (SSSR count). The summed E-state index contributed by atoms with van der Waals surface area (Å²) >= 11 is 5.99. The van der Waals surface area contributed by atoms with Crippen LogP contribution < -0.4 is 5.62 Å². The van der Waals surface area contributed by atoms with E-state index in [1.807, 2.05) is 23.7 Å². The molecule has 0 atom stereocenters. The minimum Gasteiger partial charge on any atom is -0.425 e. The standard InChI is InChI=1S/C15H21ClN4O/c1-18-13-6-5-12(16)11-14(13)20(21)15(18)17-7-10-19-8-3-2-4-9-19/h5-6,11,21H,2-4,7-10H2,1H3. The number of rotatable bonds is 3. The highest BCUT2D eigenvalue weighted by Gasteiger charge is 2.10. The molecule has 2 aromatic rings. The molecule has 2 heterocycles. The first kappa shape index (κ1) is 14.5. The van der Waals surface area contributed by atoms with E-state index >= 15 is 0 Å². The van der Waals surface area contributed by atoms with E-state index < -0.39 is 0 Å². The Bertz CT molecular complexity index is 697. The van der Waals surface area contributed by atoms with Gasteiger partial charge in [-0.3, -0.25) is 0 Å². The second-order valence-electron chi connectivity index (χ2n) is 5.59. The van der Waals surface area contributed by atoms with Crippen molar-refractivity contribution in [2.75, 3.05) is 26.2 Å². The predicted molar refractivity (Wildman–Crippen MR) is 83.8 cm³/mol. The van der Waals surface area contributed by atoms with E-state index in [2.05, 4.69) is 9.89 Å². The molecule has 0 bridgehead atoms. The molecule has 1 N–H and O–H groups in total. The van der Waals surface area contributed by atoms with Crippen molar-refractivity contribution < 1.29 is 5.21 Å². The number of fused-ring (bicyclic) bond motifs is 1. The van der Waals surface area contributed by atoms with Gasteiger partial charge in [0.15, 0.2) is 0 Å². The predicted octanol–water partition coefficient (Wildman–Crippen LogP) is 2.26. The fourth-order valence-electron chi connectivity index (χ4n) is 2.95. The molecule has 21 heavy (non-hydrogen) atoms. The largest absolute Gasteiger partial charge is 0.425 e. The summed E-state index contributed by atoms with van der Waals surface area (Å²) in [6, 6.07) is 5.47. The lowest BCUT2D eigenvalue weighted by molar-refractivity contribution is 0.180. The quantitative estimate of drug-likeness (QED) is 0.884. The smallest absolute Gasteiger partial charge is 0.239 e. The molecule has 114 valence electrons. The van der Waals surface area contributed by atoms with E-state index in [0.717, 1.165) is 16.8 Å². The molecule has 0 spiro atoms. The van der Waals surface area contributed by atoms with Crippen LogP contribution in [0.3, 0.4) is 0 Å². The fraction of sp³-hybridized carbons (Fsp3) is 0.533. The molecule has 6 heteroatoms. The number of aryl methyl sites for hydroxylation is 1. The van der Waals surface area contributed by atoms with Crippen molar-refractivity contribution in [3.63, 3.8) is 0 Å². The van der Waals surface area contributed by atoms with E-state index in [4.69, 9.17) is 11.6 Å².